The molecule has 2 heterocycles. The summed E-state index contributed by atoms with van der Waals surface area (Å²) in [6.07, 6.45) is 4.84. The molecule has 0 saturated carbocycles. The first-order valence-corrected chi connectivity index (χ1v) is 9.46. The van der Waals surface area contributed by atoms with Crippen molar-refractivity contribution in [1.82, 2.24) is 14.7 Å². The SMILES string of the molecule is O=S(=O)(NCc1ccnc(N2CCCCC2)n1)c1c(F)cccc1F. The minimum absolute atomic E-state index is 0.181. The Morgan fingerprint density at radius 3 is 2.44 bits per heavy atom. The molecule has 1 aliphatic rings. The van der Waals surface area contributed by atoms with E-state index in [0.717, 1.165) is 44.1 Å². The standard InChI is InChI=1S/C16H18F2N4O2S/c17-13-5-4-6-14(18)15(13)25(23,24)20-11-12-7-8-19-16(21-12)22-9-2-1-3-10-22/h4-8,20H,1-3,9-11H2. The average Bonchev–Trinajstić information content (AvgIpc) is 2.61. The number of benzene rings is 1. The zero-order valence-electron chi connectivity index (χ0n) is 13.5. The molecule has 1 aromatic heterocycles. The number of hydrogen-bond donors (Lipinski definition) is 1. The molecule has 6 nitrogen and oxygen atoms in total. The van der Waals surface area contributed by atoms with Gasteiger partial charge in [0.05, 0.1) is 12.2 Å². The van der Waals surface area contributed by atoms with Crippen LogP contribution in [0.5, 0.6) is 0 Å². The molecule has 1 N–H and O–H groups in total. The molecule has 0 atom stereocenters. The molecule has 2 aromatic rings. The molecule has 1 aromatic carbocycles. The molecule has 0 spiro atoms. The van der Waals surface area contributed by atoms with Crippen LogP contribution in [0.15, 0.2) is 35.4 Å². The largest absolute Gasteiger partial charge is 0.341 e. The molecule has 3 rings (SSSR count). The number of rotatable bonds is 5. The number of hydrogen-bond acceptors (Lipinski definition) is 5. The molecule has 9 heteroatoms. The van der Waals surface area contributed by atoms with Crippen molar-refractivity contribution in [3.8, 4) is 0 Å². The Bertz CT molecular complexity index is 835. The Morgan fingerprint density at radius 1 is 1.08 bits per heavy atom. The Labute approximate surface area is 145 Å². The van der Waals surface area contributed by atoms with Crippen LogP contribution in [0.2, 0.25) is 0 Å². The second kappa shape index (κ2) is 7.40. The Kier molecular flexibility index (Phi) is 5.24. The molecular weight excluding hydrogens is 350 g/mol. The molecule has 1 aliphatic heterocycles. The number of nitrogens with one attached hydrogen (secondary N) is 1. The summed E-state index contributed by atoms with van der Waals surface area (Å²) >= 11 is 0. The second-order valence-electron chi connectivity index (χ2n) is 5.77. The minimum Gasteiger partial charge on any atom is -0.341 e. The topological polar surface area (TPSA) is 75.2 Å². The number of halogens is 2. The van der Waals surface area contributed by atoms with Crippen molar-refractivity contribution in [2.75, 3.05) is 18.0 Å². The van der Waals surface area contributed by atoms with E-state index < -0.39 is 26.6 Å². The maximum absolute atomic E-state index is 13.7. The summed E-state index contributed by atoms with van der Waals surface area (Å²) < 4.78 is 53.9. The van der Waals surface area contributed by atoms with E-state index in [1.807, 2.05) is 4.90 Å². The molecule has 1 fully saturated rings. The molecule has 25 heavy (non-hydrogen) atoms. The molecule has 134 valence electrons. The maximum atomic E-state index is 13.7. The first kappa shape index (κ1) is 17.7. The third kappa shape index (κ3) is 4.10. The van der Waals surface area contributed by atoms with Crippen molar-refractivity contribution in [2.24, 2.45) is 0 Å². The Balaban J connectivity index is 1.75. The molecule has 1 saturated heterocycles. The number of aromatic nitrogens is 2. The molecule has 0 amide bonds. The summed E-state index contributed by atoms with van der Waals surface area (Å²) in [6, 6.07) is 4.47. The summed E-state index contributed by atoms with van der Waals surface area (Å²) in [5.74, 6) is -1.73. The van der Waals surface area contributed by atoms with Gasteiger partial charge in [0.1, 0.15) is 11.6 Å². The Morgan fingerprint density at radius 2 is 1.76 bits per heavy atom. The summed E-state index contributed by atoms with van der Waals surface area (Å²) in [4.78, 5) is 9.60. The van der Waals surface area contributed by atoms with Crippen molar-refractivity contribution < 1.29 is 17.2 Å². The highest BCUT2D eigenvalue weighted by Gasteiger charge is 2.23. The molecule has 0 aliphatic carbocycles. The van der Waals surface area contributed by atoms with E-state index in [0.29, 0.717) is 11.6 Å². The molecule has 0 radical (unpaired) electrons. The van der Waals surface area contributed by atoms with Gasteiger partial charge in [-0.05, 0) is 37.5 Å². The monoisotopic (exact) mass is 368 g/mol. The number of nitrogens with zero attached hydrogens (tertiary/aromatic N) is 3. The number of piperidine rings is 1. The van der Waals surface area contributed by atoms with Gasteiger partial charge in [-0.3, -0.25) is 0 Å². The van der Waals surface area contributed by atoms with Crippen LogP contribution in [-0.2, 0) is 16.6 Å². The summed E-state index contributed by atoms with van der Waals surface area (Å²) in [5.41, 5.74) is 0.427. The molecule has 0 unspecified atom stereocenters. The van der Waals surface area contributed by atoms with E-state index in [1.54, 1.807) is 12.3 Å². The van der Waals surface area contributed by atoms with Crippen LogP contribution in [0.4, 0.5) is 14.7 Å². The maximum Gasteiger partial charge on any atom is 0.246 e. The van der Waals surface area contributed by atoms with Crippen molar-refractivity contribution in [3.63, 3.8) is 0 Å². The zero-order chi connectivity index (χ0) is 17.9. The van der Waals surface area contributed by atoms with Gasteiger partial charge in [-0.1, -0.05) is 6.07 Å². The summed E-state index contributed by atoms with van der Waals surface area (Å²) in [7, 11) is -4.33. The van der Waals surface area contributed by atoms with Crippen LogP contribution in [0.3, 0.4) is 0 Å². The highest BCUT2D eigenvalue weighted by atomic mass is 32.2. The quantitative estimate of drug-likeness (QED) is 0.876. The van der Waals surface area contributed by atoms with E-state index in [9.17, 15) is 17.2 Å². The zero-order valence-corrected chi connectivity index (χ0v) is 14.3. The van der Waals surface area contributed by atoms with Crippen molar-refractivity contribution in [1.29, 1.82) is 0 Å². The van der Waals surface area contributed by atoms with E-state index in [2.05, 4.69) is 14.7 Å². The van der Waals surface area contributed by atoms with E-state index >= 15 is 0 Å². The first-order valence-electron chi connectivity index (χ1n) is 7.98. The van der Waals surface area contributed by atoms with Gasteiger partial charge >= 0.3 is 0 Å². The van der Waals surface area contributed by atoms with Crippen LogP contribution in [-0.4, -0.2) is 31.5 Å². The fourth-order valence-corrected chi connectivity index (χ4v) is 3.84. The first-order chi connectivity index (χ1) is 12.0. The third-order valence-corrected chi connectivity index (χ3v) is 5.42. The van der Waals surface area contributed by atoms with Gasteiger partial charge in [-0.15, -0.1) is 0 Å². The fraction of sp³-hybridized carbons (Fsp3) is 0.375. The van der Waals surface area contributed by atoms with Gasteiger partial charge in [0, 0.05) is 19.3 Å². The predicted octanol–water partition coefficient (Wildman–Crippen LogP) is 2.22. The van der Waals surface area contributed by atoms with Crippen molar-refractivity contribution in [3.05, 3.63) is 47.8 Å². The minimum atomic E-state index is -4.33. The third-order valence-electron chi connectivity index (χ3n) is 3.97. The van der Waals surface area contributed by atoms with E-state index in [4.69, 9.17) is 0 Å². The summed E-state index contributed by atoms with van der Waals surface area (Å²) in [5, 5.41) is 0. The summed E-state index contributed by atoms with van der Waals surface area (Å²) in [6.45, 7) is 1.53. The lowest BCUT2D eigenvalue weighted by Crippen LogP contribution is -2.31. The normalized spacial score (nSPS) is 15.4. The van der Waals surface area contributed by atoms with Gasteiger partial charge < -0.3 is 4.90 Å². The highest BCUT2D eigenvalue weighted by molar-refractivity contribution is 7.89. The van der Waals surface area contributed by atoms with Crippen molar-refractivity contribution >= 4 is 16.0 Å². The highest BCUT2D eigenvalue weighted by Crippen LogP contribution is 2.19. The van der Waals surface area contributed by atoms with Crippen molar-refractivity contribution in [2.45, 2.75) is 30.7 Å². The van der Waals surface area contributed by atoms with E-state index in [-0.39, 0.29) is 6.54 Å². The lowest BCUT2D eigenvalue weighted by atomic mass is 10.1. The average molecular weight is 368 g/mol. The van der Waals surface area contributed by atoms with Crippen LogP contribution < -0.4 is 9.62 Å². The van der Waals surface area contributed by atoms with Gasteiger partial charge in [-0.25, -0.2) is 31.9 Å². The molecular formula is C16H18F2N4O2S. The Hall–Kier alpha value is -2.13. The van der Waals surface area contributed by atoms with Crippen LogP contribution in [0, 0.1) is 11.6 Å². The molecule has 0 bridgehead atoms. The number of sulfonamides is 1. The predicted molar refractivity (Wildman–Crippen MR) is 88.5 cm³/mol. The van der Waals surface area contributed by atoms with Gasteiger partial charge in [-0.2, -0.15) is 0 Å². The lowest BCUT2D eigenvalue weighted by Gasteiger charge is -2.26. The number of anilines is 1. The fourth-order valence-electron chi connectivity index (χ4n) is 2.71. The van der Waals surface area contributed by atoms with E-state index in [1.165, 1.54) is 6.42 Å². The lowest BCUT2D eigenvalue weighted by molar-refractivity contribution is 0.513. The van der Waals surface area contributed by atoms with Gasteiger partial charge in [0.25, 0.3) is 0 Å². The smallest absolute Gasteiger partial charge is 0.246 e. The van der Waals surface area contributed by atoms with Crippen LogP contribution in [0.1, 0.15) is 25.0 Å². The van der Waals surface area contributed by atoms with Crippen LogP contribution >= 0.6 is 0 Å². The van der Waals surface area contributed by atoms with Gasteiger partial charge in [0.15, 0.2) is 4.90 Å². The second-order valence-corrected chi connectivity index (χ2v) is 7.47. The van der Waals surface area contributed by atoms with Gasteiger partial charge in [0.2, 0.25) is 16.0 Å². The van der Waals surface area contributed by atoms with Crippen LogP contribution in [0.25, 0.3) is 0 Å².